The van der Waals surface area contributed by atoms with Crippen LogP contribution in [0.2, 0.25) is 0 Å². The number of hydrogen-bond acceptors (Lipinski definition) is 2. The van der Waals surface area contributed by atoms with Crippen LogP contribution in [0.4, 0.5) is 0 Å². The Hall–Kier alpha value is -0.880. The highest BCUT2D eigenvalue weighted by Gasteiger charge is 2.12. The Morgan fingerprint density at radius 2 is 2.18 bits per heavy atom. The lowest BCUT2D eigenvalue weighted by Crippen LogP contribution is -2.15. The molecule has 0 amide bonds. The molecule has 0 aliphatic rings. The summed E-state index contributed by atoms with van der Waals surface area (Å²) in [7, 11) is 1.92. The molecule has 3 nitrogen and oxygen atoms in total. The van der Waals surface area contributed by atoms with E-state index in [-0.39, 0.29) is 6.04 Å². The van der Waals surface area contributed by atoms with Crippen LogP contribution in [0.5, 0.6) is 0 Å². The zero-order valence-corrected chi connectivity index (χ0v) is 12.2. The molecule has 0 bridgehead atoms. The predicted molar refractivity (Wildman–Crippen MR) is 77.7 cm³/mol. The van der Waals surface area contributed by atoms with Gasteiger partial charge in [0, 0.05) is 29.3 Å². The van der Waals surface area contributed by atoms with Gasteiger partial charge in [0.25, 0.3) is 0 Å². The summed E-state index contributed by atoms with van der Waals surface area (Å²) in [5.41, 5.74) is 9.77. The minimum atomic E-state index is 0.0108. The van der Waals surface area contributed by atoms with Crippen molar-refractivity contribution >= 4 is 22.6 Å². The van der Waals surface area contributed by atoms with Crippen LogP contribution in [-0.2, 0) is 13.5 Å². The average Bonchev–Trinajstić information content (AvgIpc) is 2.68. The van der Waals surface area contributed by atoms with Crippen molar-refractivity contribution in [1.82, 2.24) is 9.78 Å². The summed E-state index contributed by atoms with van der Waals surface area (Å²) in [6, 6.07) is 8.30. The first-order valence-corrected chi connectivity index (χ1v) is 6.65. The number of aromatic nitrogens is 2. The first-order chi connectivity index (χ1) is 8.08. The van der Waals surface area contributed by atoms with Crippen molar-refractivity contribution in [2.24, 2.45) is 12.8 Å². The van der Waals surface area contributed by atoms with E-state index in [1.807, 2.05) is 24.0 Å². The summed E-state index contributed by atoms with van der Waals surface area (Å²) in [4.78, 5) is 0. The minimum Gasteiger partial charge on any atom is -0.324 e. The van der Waals surface area contributed by atoms with Crippen LogP contribution in [-0.4, -0.2) is 9.78 Å². The van der Waals surface area contributed by atoms with Crippen molar-refractivity contribution in [3.8, 4) is 0 Å². The quantitative estimate of drug-likeness (QED) is 0.872. The fraction of sp³-hybridized carbons (Fsp3) is 0.308. The smallest absolute Gasteiger partial charge is 0.0643 e. The second-order valence-electron chi connectivity index (χ2n) is 4.27. The van der Waals surface area contributed by atoms with E-state index in [2.05, 4.69) is 52.8 Å². The van der Waals surface area contributed by atoms with Gasteiger partial charge in [0.2, 0.25) is 0 Å². The van der Waals surface area contributed by atoms with Crippen molar-refractivity contribution in [3.05, 3.63) is 50.9 Å². The zero-order valence-electron chi connectivity index (χ0n) is 10.0. The van der Waals surface area contributed by atoms with E-state index in [4.69, 9.17) is 5.73 Å². The molecule has 4 heteroatoms. The van der Waals surface area contributed by atoms with Gasteiger partial charge in [-0.15, -0.1) is 0 Å². The number of halogens is 1. The van der Waals surface area contributed by atoms with Crippen LogP contribution in [0.25, 0.3) is 0 Å². The fourth-order valence-corrected chi connectivity index (χ4v) is 2.62. The molecular weight excluding hydrogens is 325 g/mol. The number of hydrogen-bond donors (Lipinski definition) is 1. The van der Waals surface area contributed by atoms with Crippen molar-refractivity contribution in [1.29, 1.82) is 0 Å². The van der Waals surface area contributed by atoms with Gasteiger partial charge in [-0.05, 0) is 46.7 Å². The number of nitrogens with zero attached hydrogens (tertiary/aromatic N) is 2. The largest absolute Gasteiger partial charge is 0.324 e. The second-order valence-corrected chi connectivity index (χ2v) is 5.35. The van der Waals surface area contributed by atoms with Crippen LogP contribution in [0.1, 0.15) is 22.9 Å². The van der Waals surface area contributed by atoms with Gasteiger partial charge in [-0.3, -0.25) is 4.68 Å². The molecule has 0 radical (unpaired) electrons. The Labute approximate surface area is 115 Å². The molecule has 0 aliphatic carbocycles. The van der Waals surface area contributed by atoms with E-state index in [1.54, 1.807) is 0 Å². The maximum atomic E-state index is 6.25. The molecular formula is C13H16IN3. The molecule has 1 aromatic carbocycles. The minimum absolute atomic E-state index is 0.0108. The van der Waals surface area contributed by atoms with Gasteiger partial charge in [-0.2, -0.15) is 5.10 Å². The first-order valence-electron chi connectivity index (χ1n) is 5.57. The van der Waals surface area contributed by atoms with Crippen LogP contribution < -0.4 is 5.73 Å². The number of aryl methyl sites for hydroxylation is 2. The highest BCUT2D eigenvalue weighted by molar-refractivity contribution is 14.1. The fourth-order valence-electron chi connectivity index (χ4n) is 1.86. The van der Waals surface area contributed by atoms with Crippen LogP contribution >= 0.6 is 22.6 Å². The normalized spacial score (nSPS) is 12.7. The summed E-state index contributed by atoms with van der Waals surface area (Å²) in [6.45, 7) is 2.11. The maximum absolute atomic E-state index is 6.25. The summed E-state index contributed by atoms with van der Waals surface area (Å²) < 4.78 is 3.07. The van der Waals surface area contributed by atoms with Crippen LogP contribution in [0.15, 0.2) is 30.5 Å². The lowest BCUT2D eigenvalue weighted by Gasteiger charge is -2.14. The highest BCUT2D eigenvalue weighted by atomic mass is 127. The standard InChI is InChI=1S/C13H16IN3/c1-9-4-3-5-11(13(9)14)12(15)8-10-6-7-17(2)16-10/h3-7,12H,8,15H2,1-2H3. The summed E-state index contributed by atoms with van der Waals surface area (Å²) >= 11 is 2.36. The van der Waals surface area contributed by atoms with E-state index in [1.165, 1.54) is 14.7 Å². The SMILES string of the molecule is Cc1cccc(C(N)Cc2ccn(C)n2)c1I. The number of benzene rings is 1. The molecule has 2 N–H and O–H groups in total. The third-order valence-corrected chi connectivity index (χ3v) is 4.29. The molecule has 17 heavy (non-hydrogen) atoms. The molecule has 1 heterocycles. The second kappa shape index (κ2) is 5.18. The number of nitrogens with two attached hydrogens (primary N) is 1. The summed E-state index contributed by atoms with van der Waals surface area (Å²) in [5, 5.41) is 4.36. The summed E-state index contributed by atoms with van der Waals surface area (Å²) in [5.74, 6) is 0. The Balaban J connectivity index is 2.20. The van der Waals surface area contributed by atoms with Gasteiger partial charge in [-0.1, -0.05) is 18.2 Å². The molecule has 90 valence electrons. The lowest BCUT2D eigenvalue weighted by molar-refractivity contribution is 0.672. The van der Waals surface area contributed by atoms with E-state index >= 15 is 0 Å². The molecule has 2 rings (SSSR count). The topological polar surface area (TPSA) is 43.8 Å². The monoisotopic (exact) mass is 341 g/mol. The van der Waals surface area contributed by atoms with E-state index in [0.29, 0.717) is 0 Å². The lowest BCUT2D eigenvalue weighted by atomic mass is 10.0. The third kappa shape index (κ3) is 2.87. The predicted octanol–water partition coefficient (Wildman–Crippen LogP) is 2.58. The molecule has 0 saturated heterocycles. The van der Waals surface area contributed by atoms with E-state index in [9.17, 15) is 0 Å². The molecule has 1 atom stereocenters. The van der Waals surface area contributed by atoms with Crippen molar-refractivity contribution in [2.75, 3.05) is 0 Å². The van der Waals surface area contributed by atoms with Gasteiger partial charge in [0.1, 0.15) is 0 Å². The van der Waals surface area contributed by atoms with Gasteiger partial charge in [-0.25, -0.2) is 0 Å². The Morgan fingerprint density at radius 1 is 1.41 bits per heavy atom. The van der Waals surface area contributed by atoms with E-state index < -0.39 is 0 Å². The molecule has 0 aliphatic heterocycles. The Bertz CT molecular complexity index is 519. The van der Waals surface area contributed by atoms with Gasteiger partial charge in [0.05, 0.1) is 5.69 Å². The van der Waals surface area contributed by atoms with Crippen molar-refractivity contribution in [3.63, 3.8) is 0 Å². The third-order valence-electron chi connectivity index (χ3n) is 2.82. The van der Waals surface area contributed by atoms with Gasteiger partial charge in [0.15, 0.2) is 0 Å². The van der Waals surface area contributed by atoms with Gasteiger partial charge < -0.3 is 5.73 Å². The molecule has 2 aromatic rings. The molecule has 1 unspecified atom stereocenters. The average molecular weight is 341 g/mol. The summed E-state index contributed by atoms with van der Waals surface area (Å²) in [6.07, 6.45) is 2.73. The molecule has 0 fully saturated rings. The van der Waals surface area contributed by atoms with Crippen LogP contribution in [0.3, 0.4) is 0 Å². The van der Waals surface area contributed by atoms with E-state index in [0.717, 1.165) is 12.1 Å². The maximum Gasteiger partial charge on any atom is 0.0643 e. The number of rotatable bonds is 3. The van der Waals surface area contributed by atoms with Gasteiger partial charge >= 0.3 is 0 Å². The van der Waals surface area contributed by atoms with Crippen molar-refractivity contribution < 1.29 is 0 Å². The van der Waals surface area contributed by atoms with Crippen molar-refractivity contribution in [2.45, 2.75) is 19.4 Å². The first kappa shape index (κ1) is 12.6. The molecule has 0 spiro atoms. The Kier molecular flexibility index (Phi) is 3.83. The Morgan fingerprint density at radius 3 is 2.82 bits per heavy atom. The molecule has 1 aromatic heterocycles. The zero-order chi connectivity index (χ0) is 12.4. The highest BCUT2D eigenvalue weighted by Crippen LogP contribution is 2.23. The van der Waals surface area contributed by atoms with Crippen LogP contribution in [0, 0.1) is 10.5 Å². The molecule has 0 saturated carbocycles.